The van der Waals surface area contributed by atoms with Gasteiger partial charge in [-0.3, -0.25) is 9.59 Å². The molecule has 1 fully saturated rings. The highest BCUT2D eigenvalue weighted by Crippen LogP contribution is 2.19. The summed E-state index contributed by atoms with van der Waals surface area (Å²) in [6, 6.07) is 23.2. The standard InChI is InChI=1S/C27H28FN3O3/c28-25-9-5-4-8-22(25)19-31(27(33)18-21-6-2-1-3-7-21)20-26(32)29-23-10-12-24(13-11-23)30-14-16-34-17-15-30/h1-13H,14-20H2,(H,29,32). The predicted molar refractivity (Wildman–Crippen MR) is 130 cm³/mol. The highest BCUT2D eigenvalue weighted by Gasteiger charge is 2.20. The van der Waals surface area contributed by atoms with Crippen LogP contribution in [0.4, 0.5) is 15.8 Å². The third-order valence-corrected chi connectivity index (χ3v) is 5.73. The minimum atomic E-state index is -0.404. The Balaban J connectivity index is 1.42. The second kappa shape index (κ2) is 11.4. The van der Waals surface area contributed by atoms with Crippen molar-refractivity contribution < 1.29 is 18.7 Å². The number of hydrogen-bond acceptors (Lipinski definition) is 4. The monoisotopic (exact) mass is 461 g/mol. The van der Waals surface area contributed by atoms with Gasteiger partial charge in [0.15, 0.2) is 0 Å². The second-order valence-corrected chi connectivity index (χ2v) is 8.20. The van der Waals surface area contributed by atoms with Crippen LogP contribution in [-0.2, 0) is 27.3 Å². The highest BCUT2D eigenvalue weighted by molar-refractivity contribution is 5.95. The fraction of sp³-hybridized carbons (Fsp3) is 0.259. The molecule has 0 bridgehead atoms. The number of amides is 2. The minimum Gasteiger partial charge on any atom is -0.378 e. The van der Waals surface area contributed by atoms with Crippen LogP contribution in [0.25, 0.3) is 0 Å². The molecule has 0 radical (unpaired) electrons. The number of rotatable bonds is 8. The van der Waals surface area contributed by atoms with Gasteiger partial charge in [0, 0.05) is 36.6 Å². The summed E-state index contributed by atoms with van der Waals surface area (Å²) in [6.07, 6.45) is 0.136. The van der Waals surface area contributed by atoms with Gasteiger partial charge in [0.2, 0.25) is 11.8 Å². The molecule has 0 aliphatic carbocycles. The van der Waals surface area contributed by atoms with Gasteiger partial charge < -0.3 is 19.9 Å². The van der Waals surface area contributed by atoms with Crippen LogP contribution in [0.5, 0.6) is 0 Å². The molecule has 0 unspecified atom stereocenters. The summed E-state index contributed by atoms with van der Waals surface area (Å²) in [7, 11) is 0. The van der Waals surface area contributed by atoms with Gasteiger partial charge in [-0.1, -0.05) is 48.5 Å². The number of nitrogens with one attached hydrogen (secondary N) is 1. The molecule has 3 aromatic rings. The first-order chi connectivity index (χ1) is 16.6. The molecule has 1 saturated heterocycles. The Kier molecular flexibility index (Phi) is 7.88. The number of carbonyl (C=O) groups is 2. The molecule has 1 N–H and O–H groups in total. The van der Waals surface area contributed by atoms with Crippen LogP contribution in [0.3, 0.4) is 0 Å². The van der Waals surface area contributed by atoms with Crippen LogP contribution >= 0.6 is 0 Å². The summed E-state index contributed by atoms with van der Waals surface area (Å²) in [5, 5.41) is 2.85. The third kappa shape index (κ3) is 6.42. The van der Waals surface area contributed by atoms with E-state index in [2.05, 4.69) is 10.2 Å². The molecule has 0 spiro atoms. The van der Waals surface area contributed by atoms with Crippen LogP contribution in [0.15, 0.2) is 78.9 Å². The molecule has 0 aromatic heterocycles. The van der Waals surface area contributed by atoms with Gasteiger partial charge in [0.25, 0.3) is 0 Å². The van der Waals surface area contributed by atoms with E-state index in [9.17, 15) is 14.0 Å². The van der Waals surface area contributed by atoms with Crippen molar-refractivity contribution in [2.24, 2.45) is 0 Å². The van der Waals surface area contributed by atoms with Crippen molar-refractivity contribution in [3.63, 3.8) is 0 Å². The number of nitrogens with zero attached hydrogens (tertiary/aromatic N) is 2. The molecular weight excluding hydrogens is 433 g/mol. The fourth-order valence-electron chi connectivity index (χ4n) is 3.90. The zero-order valence-electron chi connectivity index (χ0n) is 19.0. The van der Waals surface area contributed by atoms with Gasteiger partial charge in [-0.25, -0.2) is 4.39 Å². The van der Waals surface area contributed by atoms with E-state index in [-0.39, 0.29) is 31.3 Å². The van der Waals surface area contributed by atoms with E-state index in [0.717, 1.165) is 24.3 Å². The first kappa shape index (κ1) is 23.4. The zero-order valence-corrected chi connectivity index (χ0v) is 19.0. The van der Waals surface area contributed by atoms with Gasteiger partial charge >= 0.3 is 0 Å². The number of anilines is 2. The molecule has 3 aromatic carbocycles. The number of ether oxygens (including phenoxy) is 1. The van der Waals surface area contributed by atoms with E-state index in [4.69, 9.17) is 4.74 Å². The quantitative estimate of drug-likeness (QED) is 0.553. The smallest absolute Gasteiger partial charge is 0.244 e. The van der Waals surface area contributed by atoms with E-state index in [1.807, 2.05) is 54.6 Å². The maximum absolute atomic E-state index is 14.3. The van der Waals surface area contributed by atoms with Gasteiger partial charge in [-0.2, -0.15) is 0 Å². The normalized spacial score (nSPS) is 13.4. The van der Waals surface area contributed by atoms with Crippen molar-refractivity contribution >= 4 is 23.2 Å². The van der Waals surface area contributed by atoms with Crippen LogP contribution in [0.1, 0.15) is 11.1 Å². The van der Waals surface area contributed by atoms with Crippen LogP contribution < -0.4 is 10.2 Å². The predicted octanol–water partition coefficient (Wildman–Crippen LogP) is 3.87. The molecular formula is C27H28FN3O3. The van der Waals surface area contributed by atoms with Crippen molar-refractivity contribution in [3.8, 4) is 0 Å². The van der Waals surface area contributed by atoms with Gasteiger partial charge in [0.05, 0.1) is 19.6 Å². The van der Waals surface area contributed by atoms with Gasteiger partial charge in [-0.15, -0.1) is 0 Å². The van der Waals surface area contributed by atoms with E-state index >= 15 is 0 Å². The third-order valence-electron chi connectivity index (χ3n) is 5.73. The molecule has 176 valence electrons. The van der Waals surface area contributed by atoms with Crippen molar-refractivity contribution in [3.05, 3.63) is 95.8 Å². The lowest BCUT2D eigenvalue weighted by Crippen LogP contribution is -2.38. The summed E-state index contributed by atoms with van der Waals surface area (Å²) in [6.45, 7) is 2.91. The summed E-state index contributed by atoms with van der Waals surface area (Å²) >= 11 is 0. The number of benzene rings is 3. The molecule has 0 saturated carbocycles. The maximum Gasteiger partial charge on any atom is 0.244 e. The Bertz CT molecular complexity index is 1100. The van der Waals surface area contributed by atoms with Crippen LogP contribution in [0.2, 0.25) is 0 Å². The SMILES string of the molecule is O=C(CN(Cc1ccccc1F)C(=O)Cc1ccccc1)Nc1ccc(N2CCOCC2)cc1. The van der Waals surface area contributed by atoms with E-state index < -0.39 is 5.82 Å². The number of carbonyl (C=O) groups excluding carboxylic acids is 2. The van der Waals surface area contributed by atoms with E-state index in [0.29, 0.717) is 24.5 Å². The van der Waals surface area contributed by atoms with Gasteiger partial charge in [-0.05, 0) is 35.9 Å². The zero-order chi connectivity index (χ0) is 23.8. The average molecular weight is 462 g/mol. The van der Waals surface area contributed by atoms with E-state index in [1.165, 1.54) is 11.0 Å². The molecule has 1 heterocycles. The number of hydrogen-bond donors (Lipinski definition) is 1. The molecule has 0 atom stereocenters. The highest BCUT2D eigenvalue weighted by atomic mass is 19.1. The Labute approximate surface area is 198 Å². The Morgan fingerprint density at radius 2 is 1.59 bits per heavy atom. The van der Waals surface area contributed by atoms with Crippen molar-refractivity contribution in [1.82, 2.24) is 4.90 Å². The van der Waals surface area contributed by atoms with Gasteiger partial charge in [0.1, 0.15) is 12.4 Å². The summed E-state index contributed by atoms with van der Waals surface area (Å²) in [4.78, 5) is 29.5. The lowest BCUT2D eigenvalue weighted by Gasteiger charge is -2.29. The average Bonchev–Trinajstić information content (AvgIpc) is 2.86. The first-order valence-electron chi connectivity index (χ1n) is 11.4. The van der Waals surface area contributed by atoms with Crippen LogP contribution in [0, 0.1) is 5.82 Å². The molecule has 4 rings (SSSR count). The first-order valence-corrected chi connectivity index (χ1v) is 11.4. The summed E-state index contributed by atoms with van der Waals surface area (Å²) in [5.74, 6) is -0.983. The summed E-state index contributed by atoms with van der Waals surface area (Å²) < 4.78 is 19.7. The largest absolute Gasteiger partial charge is 0.378 e. The van der Waals surface area contributed by atoms with E-state index in [1.54, 1.807) is 18.2 Å². The lowest BCUT2D eigenvalue weighted by atomic mass is 10.1. The Morgan fingerprint density at radius 3 is 2.29 bits per heavy atom. The molecule has 34 heavy (non-hydrogen) atoms. The number of morpholine rings is 1. The second-order valence-electron chi connectivity index (χ2n) is 8.20. The molecule has 2 amide bonds. The van der Waals surface area contributed by atoms with Crippen molar-refractivity contribution in [1.29, 1.82) is 0 Å². The topological polar surface area (TPSA) is 61.9 Å². The Morgan fingerprint density at radius 1 is 0.912 bits per heavy atom. The molecule has 6 nitrogen and oxygen atoms in total. The summed E-state index contributed by atoms with van der Waals surface area (Å²) in [5.41, 5.74) is 2.92. The molecule has 1 aliphatic heterocycles. The fourth-order valence-corrected chi connectivity index (χ4v) is 3.90. The van der Waals surface area contributed by atoms with Crippen molar-refractivity contribution in [2.75, 3.05) is 43.1 Å². The minimum absolute atomic E-state index is 0.0156. The number of halogens is 1. The molecule has 1 aliphatic rings. The van der Waals surface area contributed by atoms with Crippen LogP contribution in [-0.4, -0.2) is 49.6 Å². The Hall–Kier alpha value is -3.71. The maximum atomic E-state index is 14.3. The molecule has 7 heteroatoms. The van der Waals surface area contributed by atoms with Crippen molar-refractivity contribution in [2.45, 2.75) is 13.0 Å². The lowest BCUT2D eigenvalue weighted by molar-refractivity contribution is -0.134.